The van der Waals surface area contributed by atoms with Crippen LogP contribution in [0.15, 0.2) is 51.0 Å². The van der Waals surface area contributed by atoms with E-state index < -0.39 is 0 Å². The summed E-state index contributed by atoms with van der Waals surface area (Å²) in [6.07, 6.45) is 0.592. The van der Waals surface area contributed by atoms with Gasteiger partial charge in [0.2, 0.25) is 17.6 Å². The third-order valence-electron chi connectivity index (χ3n) is 4.50. The average molecular weight is 469 g/mol. The molecule has 0 aliphatic rings. The molecule has 4 aromatic rings. The predicted octanol–water partition coefficient (Wildman–Crippen LogP) is 4.42. The number of amides is 1. The van der Waals surface area contributed by atoms with Gasteiger partial charge in [0.1, 0.15) is 11.6 Å². The van der Waals surface area contributed by atoms with Gasteiger partial charge in [-0.2, -0.15) is 16.3 Å². The van der Waals surface area contributed by atoms with Gasteiger partial charge in [-0.25, -0.2) is 4.98 Å². The molecule has 8 nitrogen and oxygen atoms in total. The van der Waals surface area contributed by atoms with Crippen molar-refractivity contribution in [3.63, 3.8) is 0 Å². The first-order chi connectivity index (χ1) is 15.6. The van der Waals surface area contributed by atoms with E-state index >= 15 is 0 Å². The first kappa shape index (κ1) is 21.8. The van der Waals surface area contributed by atoms with Gasteiger partial charge in [0, 0.05) is 28.4 Å². The summed E-state index contributed by atoms with van der Waals surface area (Å²) in [6.45, 7) is 1.99. The highest BCUT2D eigenvalue weighted by molar-refractivity contribution is 7.09. The highest BCUT2D eigenvalue weighted by Gasteiger charge is 2.13. The number of carbonyl (C=O) groups is 2. The van der Waals surface area contributed by atoms with Crippen molar-refractivity contribution in [1.82, 2.24) is 15.1 Å². The quantitative estimate of drug-likeness (QED) is 0.362. The van der Waals surface area contributed by atoms with E-state index in [0.717, 1.165) is 16.8 Å². The molecule has 0 aliphatic heterocycles. The molecule has 0 radical (unpaired) electrons. The van der Waals surface area contributed by atoms with Crippen molar-refractivity contribution in [2.75, 3.05) is 5.32 Å². The van der Waals surface area contributed by atoms with Crippen molar-refractivity contribution < 1.29 is 18.8 Å². The molecule has 0 atom stereocenters. The summed E-state index contributed by atoms with van der Waals surface area (Å²) in [4.78, 5) is 33.0. The van der Waals surface area contributed by atoms with Crippen LogP contribution in [0.2, 0.25) is 0 Å². The first-order valence-corrected chi connectivity index (χ1v) is 11.7. The number of aryl methyl sites for hydroxylation is 2. The fourth-order valence-electron chi connectivity index (χ4n) is 2.84. The smallest absolute Gasteiger partial charge is 0.306 e. The largest absolute Gasteiger partial charge is 0.459 e. The molecule has 10 heteroatoms. The zero-order valence-electron chi connectivity index (χ0n) is 17.2. The minimum absolute atomic E-state index is 0.0543. The number of hydrogen-bond acceptors (Lipinski definition) is 9. The molecule has 0 saturated heterocycles. The Bertz CT molecular complexity index is 1200. The molecule has 32 heavy (non-hydrogen) atoms. The van der Waals surface area contributed by atoms with Crippen LogP contribution in [0.1, 0.15) is 28.6 Å². The Kier molecular flexibility index (Phi) is 7.03. The van der Waals surface area contributed by atoms with Crippen LogP contribution >= 0.6 is 22.7 Å². The Hall–Kier alpha value is -3.37. The van der Waals surface area contributed by atoms with E-state index in [1.165, 1.54) is 11.3 Å². The predicted molar refractivity (Wildman–Crippen MR) is 121 cm³/mol. The fourth-order valence-corrected chi connectivity index (χ4v) is 4.25. The van der Waals surface area contributed by atoms with E-state index in [4.69, 9.17) is 9.26 Å². The number of nitrogens with zero attached hydrogens (tertiary/aromatic N) is 3. The summed E-state index contributed by atoms with van der Waals surface area (Å²) in [6, 6.07) is 9.50. The molecule has 0 bridgehead atoms. The van der Waals surface area contributed by atoms with Crippen LogP contribution in [0.5, 0.6) is 0 Å². The number of ether oxygens (including phenoxy) is 1. The highest BCUT2D eigenvalue weighted by Crippen LogP contribution is 2.19. The third-order valence-corrected chi connectivity index (χ3v) is 6.08. The van der Waals surface area contributed by atoms with Crippen molar-refractivity contribution in [2.45, 2.75) is 32.8 Å². The molecular weight excluding hydrogens is 448 g/mol. The molecule has 0 saturated carbocycles. The number of para-hydroxylation sites is 1. The lowest BCUT2D eigenvalue weighted by atomic mass is 10.2. The van der Waals surface area contributed by atoms with Crippen molar-refractivity contribution in [3.8, 4) is 11.4 Å². The van der Waals surface area contributed by atoms with E-state index in [-0.39, 0.29) is 31.3 Å². The summed E-state index contributed by atoms with van der Waals surface area (Å²) >= 11 is 2.91. The number of benzene rings is 1. The summed E-state index contributed by atoms with van der Waals surface area (Å²) in [5, 5.41) is 13.1. The second-order valence-electron chi connectivity index (χ2n) is 6.96. The number of rotatable bonds is 9. The van der Waals surface area contributed by atoms with Crippen LogP contribution in [0.4, 0.5) is 5.69 Å². The Morgan fingerprint density at radius 3 is 2.84 bits per heavy atom. The standard InChI is InChI=1S/C22H20N4O4S2/c1-14-4-2-3-5-17(14)24-18(27)10-20-23-16(13-32-20)11-29-21(28)7-6-19-25-22(26-30-19)15-8-9-31-12-15/h2-5,8-9,12-13H,6-7,10-11H2,1H3,(H,24,27). The maximum absolute atomic E-state index is 12.3. The Morgan fingerprint density at radius 1 is 1.16 bits per heavy atom. The zero-order valence-corrected chi connectivity index (χ0v) is 18.9. The van der Waals surface area contributed by atoms with E-state index in [1.807, 2.05) is 48.0 Å². The Labute approximate surface area is 192 Å². The van der Waals surface area contributed by atoms with Crippen molar-refractivity contribution in [3.05, 3.63) is 68.6 Å². The Balaban J connectivity index is 1.20. The monoisotopic (exact) mass is 468 g/mol. The molecule has 0 aliphatic carbocycles. The molecule has 3 aromatic heterocycles. The number of aromatic nitrogens is 3. The molecule has 4 rings (SSSR count). The molecule has 0 unspecified atom stereocenters. The van der Waals surface area contributed by atoms with Crippen molar-refractivity contribution in [2.24, 2.45) is 0 Å². The SMILES string of the molecule is Cc1ccccc1NC(=O)Cc1nc(COC(=O)CCc2nc(-c3ccsc3)no2)cs1. The third kappa shape index (κ3) is 5.86. The lowest BCUT2D eigenvalue weighted by molar-refractivity contribution is -0.145. The molecular formula is C22H20N4O4S2. The molecule has 0 spiro atoms. The lowest BCUT2D eigenvalue weighted by Crippen LogP contribution is -2.15. The van der Waals surface area contributed by atoms with Crippen LogP contribution in [-0.4, -0.2) is 27.0 Å². The topological polar surface area (TPSA) is 107 Å². The summed E-state index contributed by atoms with van der Waals surface area (Å²) in [5.41, 5.74) is 3.28. The highest BCUT2D eigenvalue weighted by atomic mass is 32.1. The van der Waals surface area contributed by atoms with E-state index in [2.05, 4.69) is 20.4 Å². The van der Waals surface area contributed by atoms with Gasteiger partial charge in [0.15, 0.2) is 0 Å². The van der Waals surface area contributed by atoms with Crippen molar-refractivity contribution in [1.29, 1.82) is 0 Å². The van der Waals surface area contributed by atoms with Crippen LogP contribution in [0.25, 0.3) is 11.4 Å². The number of esters is 1. The number of carbonyl (C=O) groups excluding carboxylic acids is 2. The van der Waals surface area contributed by atoms with E-state index in [1.54, 1.807) is 16.7 Å². The number of nitrogens with one attached hydrogen (secondary N) is 1. The van der Waals surface area contributed by atoms with Crippen LogP contribution in [0, 0.1) is 6.92 Å². The number of hydrogen-bond donors (Lipinski definition) is 1. The minimum atomic E-state index is -0.382. The Morgan fingerprint density at radius 2 is 2.03 bits per heavy atom. The molecule has 1 aromatic carbocycles. The van der Waals surface area contributed by atoms with Gasteiger partial charge in [0.25, 0.3) is 0 Å². The maximum atomic E-state index is 12.3. The normalized spacial score (nSPS) is 10.8. The van der Waals surface area contributed by atoms with Gasteiger partial charge in [0.05, 0.1) is 18.5 Å². The van der Waals surface area contributed by atoms with Gasteiger partial charge in [-0.3, -0.25) is 9.59 Å². The molecule has 164 valence electrons. The average Bonchev–Trinajstić information content (AvgIpc) is 3.54. The van der Waals surface area contributed by atoms with Gasteiger partial charge < -0.3 is 14.6 Å². The van der Waals surface area contributed by atoms with Gasteiger partial charge in [-0.05, 0) is 30.0 Å². The second kappa shape index (κ2) is 10.3. The zero-order chi connectivity index (χ0) is 22.3. The number of thiophene rings is 1. The molecule has 3 heterocycles. The van der Waals surface area contributed by atoms with Crippen LogP contribution < -0.4 is 5.32 Å². The fraction of sp³-hybridized carbons (Fsp3) is 0.227. The summed E-state index contributed by atoms with van der Waals surface area (Å²) < 4.78 is 10.5. The summed E-state index contributed by atoms with van der Waals surface area (Å²) in [5.74, 6) is 0.376. The minimum Gasteiger partial charge on any atom is -0.459 e. The molecule has 1 N–H and O–H groups in total. The second-order valence-corrected chi connectivity index (χ2v) is 8.68. The summed E-state index contributed by atoms with van der Waals surface area (Å²) in [7, 11) is 0. The van der Waals surface area contributed by atoms with Gasteiger partial charge in [-0.1, -0.05) is 23.4 Å². The maximum Gasteiger partial charge on any atom is 0.306 e. The molecule has 0 fully saturated rings. The lowest BCUT2D eigenvalue weighted by Gasteiger charge is -2.06. The van der Waals surface area contributed by atoms with Gasteiger partial charge >= 0.3 is 5.97 Å². The number of thiazole rings is 1. The van der Waals surface area contributed by atoms with Gasteiger partial charge in [-0.15, -0.1) is 11.3 Å². The molecule has 1 amide bonds. The number of anilines is 1. The van der Waals surface area contributed by atoms with Crippen molar-refractivity contribution >= 4 is 40.2 Å². The van der Waals surface area contributed by atoms with Crippen LogP contribution in [-0.2, 0) is 33.8 Å². The van der Waals surface area contributed by atoms with E-state index in [0.29, 0.717) is 28.8 Å². The first-order valence-electron chi connectivity index (χ1n) is 9.86. The van der Waals surface area contributed by atoms with E-state index in [9.17, 15) is 9.59 Å². The van der Waals surface area contributed by atoms with Crippen LogP contribution in [0.3, 0.4) is 0 Å².